The Morgan fingerprint density at radius 2 is 1.58 bits per heavy atom. The summed E-state index contributed by atoms with van der Waals surface area (Å²) in [5.41, 5.74) is 4.18. The largest absolute Gasteiger partial charge is 0.495 e. The predicted molar refractivity (Wildman–Crippen MR) is 125 cm³/mol. The number of hydrogen-bond acceptors (Lipinski definition) is 6. The van der Waals surface area contributed by atoms with E-state index in [1.165, 1.54) is 0 Å². The minimum Gasteiger partial charge on any atom is -0.495 e. The number of fused-ring (bicyclic) bond motifs is 1. The molecule has 0 unspecified atom stereocenters. The van der Waals surface area contributed by atoms with Gasteiger partial charge in [-0.3, -0.25) is 4.98 Å². The van der Waals surface area contributed by atoms with Crippen LogP contribution in [0.5, 0.6) is 17.2 Å². The molecule has 2 heterocycles. The quantitative estimate of drug-likeness (QED) is 0.294. The maximum atomic E-state index is 5.97. The van der Waals surface area contributed by atoms with E-state index >= 15 is 0 Å². The van der Waals surface area contributed by atoms with E-state index in [2.05, 4.69) is 9.97 Å². The van der Waals surface area contributed by atoms with Crippen LogP contribution in [0.3, 0.4) is 0 Å². The Hall–Kier alpha value is -4.32. The molecule has 0 amide bonds. The van der Waals surface area contributed by atoms with Crippen molar-refractivity contribution >= 4 is 11.1 Å². The van der Waals surface area contributed by atoms with Gasteiger partial charge in [0.05, 0.1) is 19.0 Å². The van der Waals surface area contributed by atoms with Crippen LogP contribution < -0.4 is 14.2 Å². The maximum Gasteiger partial charge on any atom is 0.227 e. The zero-order chi connectivity index (χ0) is 22.5. The molecular formula is C27H22N2O4. The van der Waals surface area contributed by atoms with E-state index in [1.54, 1.807) is 13.3 Å². The first-order valence-corrected chi connectivity index (χ1v) is 10.6. The second-order valence-electron chi connectivity index (χ2n) is 7.43. The summed E-state index contributed by atoms with van der Waals surface area (Å²) in [4.78, 5) is 8.96. The average molecular weight is 438 g/mol. The number of nitrogens with zero attached hydrogens (tertiary/aromatic N) is 2. The Kier molecular flexibility index (Phi) is 5.89. The highest BCUT2D eigenvalue weighted by atomic mass is 16.5. The lowest BCUT2D eigenvalue weighted by Gasteiger charge is -2.07. The molecule has 0 fully saturated rings. The Bertz CT molecular complexity index is 1350. The Balaban J connectivity index is 1.29. The molecule has 33 heavy (non-hydrogen) atoms. The van der Waals surface area contributed by atoms with Gasteiger partial charge in [-0.15, -0.1) is 0 Å². The fourth-order valence-electron chi connectivity index (χ4n) is 3.35. The first-order valence-electron chi connectivity index (χ1n) is 10.6. The normalized spacial score (nSPS) is 10.8. The van der Waals surface area contributed by atoms with Crippen LogP contribution in [-0.2, 0) is 13.2 Å². The molecule has 0 atom stereocenters. The molecule has 0 saturated heterocycles. The van der Waals surface area contributed by atoms with Gasteiger partial charge in [0.25, 0.3) is 0 Å². The smallest absolute Gasteiger partial charge is 0.227 e. The van der Waals surface area contributed by atoms with Crippen LogP contribution in [0.4, 0.5) is 0 Å². The van der Waals surface area contributed by atoms with Crippen molar-refractivity contribution in [3.63, 3.8) is 0 Å². The number of pyridine rings is 1. The maximum absolute atomic E-state index is 5.97. The van der Waals surface area contributed by atoms with Crippen molar-refractivity contribution in [2.45, 2.75) is 13.2 Å². The minimum atomic E-state index is 0.348. The SMILES string of the molecule is COc1ccc(COc2ccc3oc(-c4cccc(OCc5ccccc5)c4)nc3c2)nc1. The topological polar surface area (TPSA) is 66.6 Å². The number of aromatic nitrogens is 2. The Labute approximate surface area is 191 Å². The fourth-order valence-corrected chi connectivity index (χ4v) is 3.35. The van der Waals surface area contributed by atoms with E-state index in [-0.39, 0.29) is 0 Å². The van der Waals surface area contributed by atoms with Crippen LogP contribution in [0.25, 0.3) is 22.6 Å². The highest BCUT2D eigenvalue weighted by molar-refractivity contribution is 5.77. The Morgan fingerprint density at radius 1 is 0.758 bits per heavy atom. The van der Waals surface area contributed by atoms with Crippen LogP contribution in [-0.4, -0.2) is 17.1 Å². The van der Waals surface area contributed by atoms with Gasteiger partial charge in [0.1, 0.15) is 36.0 Å². The zero-order valence-corrected chi connectivity index (χ0v) is 18.1. The number of ether oxygens (including phenoxy) is 3. The van der Waals surface area contributed by atoms with Gasteiger partial charge in [-0.2, -0.15) is 0 Å². The molecule has 0 bridgehead atoms. The van der Waals surface area contributed by atoms with Gasteiger partial charge < -0.3 is 18.6 Å². The number of benzene rings is 3. The van der Waals surface area contributed by atoms with Gasteiger partial charge in [0.2, 0.25) is 5.89 Å². The summed E-state index contributed by atoms with van der Waals surface area (Å²) in [6.45, 7) is 0.850. The molecule has 0 spiro atoms. The van der Waals surface area contributed by atoms with Crippen molar-refractivity contribution in [2.75, 3.05) is 7.11 Å². The van der Waals surface area contributed by atoms with E-state index in [4.69, 9.17) is 18.6 Å². The van der Waals surface area contributed by atoms with Gasteiger partial charge in [-0.05, 0) is 48.0 Å². The van der Waals surface area contributed by atoms with Crippen LogP contribution in [0.2, 0.25) is 0 Å². The van der Waals surface area contributed by atoms with Gasteiger partial charge in [0, 0.05) is 11.6 Å². The summed E-state index contributed by atoms with van der Waals surface area (Å²) in [6, 6.07) is 27.1. The third-order valence-electron chi connectivity index (χ3n) is 5.11. The molecule has 6 nitrogen and oxygen atoms in total. The number of hydrogen-bond donors (Lipinski definition) is 0. The first kappa shape index (κ1) is 20.6. The van der Waals surface area contributed by atoms with E-state index in [1.807, 2.05) is 84.9 Å². The third-order valence-corrected chi connectivity index (χ3v) is 5.11. The van der Waals surface area contributed by atoms with E-state index in [0.29, 0.717) is 36.2 Å². The highest BCUT2D eigenvalue weighted by Crippen LogP contribution is 2.29. The molecule has 0 aliphatic heterocycles. The summed E-state index contributed by atoms with van der Waals surface area (Å²) in [5.74, 6) is 2.70. The molecule has 0 aliphatic rings. The molecule has 3 aromatic carbocycles. The van der Waals surface area contributed by atoms with Crippen LogP contribution >= 0.6 is 0 Å². The summed E-state index contributed by atoms with van der Waals surface area (Å²) < 4.78 is 22.9. The molecule has 5 rings (SSSR count). The van der Waals surface area contributed by atoms with Crippen molar-refractivity contribution in [3.8, 4) is 28.7 Å². The third kappa shape index (κ3) is 4.96. The molecular weight excluding hydrogens is 416 g/mol. The van der Waals surface area contributed by atoms with E-state index < -0.39 is 0 Å². The van der Waals surface area contributed by atoms with E-state index in [0.717, 1.165) is 28.1 Å². The molecule has 2 aromatic heterocycles. The minimum absolute atomic E-state index is 0.348. The van der Waals surface area contributed by atoms with Crippen molar-refractivity contribution in [1.29, 1.82) is 0 Å². The summed E-state index contributed by atoms with van der Waals surface area (Å²) in [7, 11) is 1.61. The van der Waals surface area contributed by atoms with Crippen LogP contribution in [0.1, 0.15) is 11.3 Å². The summed E-state index contributed by atoms with van der Waals surface area (Å²) in [5, 5.41) is 0. The molecule has 164 valence electrons. The molecule has 6 heteroatoms. The summed E-state index contributed by atoms with van der Waals surface area (Å²) >= 11 is 0. The van der Waals surface area contributed by atoms with Crippen molar-refractivity contribution < 1.29 is 18.6 Å². The Morgan fingerprint density at radius 3 is 2.39 bits per heavy atom. The lowest BCUT2D eigenvalue weighted by atomic mass is 10.2. The molecule has 0 aliphatic carbocycles. The molecule has 0 saturated carbocycles. The zero-order valence-electron chi connectivity index (χ0n) is 18.1. The first-order chi connectivity index (χ1) is 16.3. The lowest BCUT2D eigenvalue weighted by molar-refractivity contribution is 0.301. The second-order valence-corrected chi connectivity index (χ2v) is 7.43. The van der Waals surface area contributed by atoms with Crippen molar-refractivity contribution in [3.05, 3.63) is 102 Å². The molecule has 0 radical (unpaired) electrons. The average Bonchev–Trinajstić information content (AvgIpc) is 3.31. The predicted octanol–water partition coefficient (Wildman–Crippen LogP) is 6.06. The number of rotatable bonds is 8. The van der Waals surface area contributed by atoms with Gasteiger partial charge in [0.15, 0.2) is 5.58 Å². The standard InChI is InChI=1S/C27H22N2O4/c1-30-24-11-10-21(28-16-24)18-32-23-12-13-26-25(15-23)29-27(33-26)20-8-5-9-22(14-20)31-17-19-6-3-2-4-7-19/h2-16H,17-18H2,1H3. The lowest BCUT2D eigenvalue weighted by Crippen LogP contribution is -1.98. The number of oxazole rings is 1. The van der Waals surface area contributed by atoms with Crippen molar-refractivity contribution in [1.82, 2.24) is 9.97 Å². The van der Waals surface area contributed by atoms with Gasteiger partial charge in [-0.1, -0.05) is 36.4 Å². The monoisotopic (exact) mass is 438 g/mol. The van der Waals surface area contributed by atoms with Gasteiger partial charge in [-0.25, -0.2) is 4.98 Å². The summed E-state index contributed by atoms with van der Waals surface area (Å²) in [6.07, 6.45) is 1.67. The van der Waals surface area contributed by atoms with Crippen LogP contribution in [0, 0.1) is 0 Å². The van der Waals surface area contributed by atoms with Crippen LogP contribution in [0.15, 0.2) is 95.5 Å². The number of methoxy groups -OCH3 is 1. The van der Waals surface area contributed by atoms with Crippen molar-refractivity contribution in [2.24, 2.45) is 0 Å². The molecule has 5 aromatic rings. The highest BCUT2D eigenvalue weighted by Gasteiger charge is 2.11. The molecule has 0 N–H and O–H groups in total. The fraction of sp³-hybridized carbons (Fsp3) is 0.111. The van der Waals surface area contributed by atoms with E-state index in [9.17, 15) is 0 Å². The van der Waals surface area contributed by atoms with Gasteiger partial charge >= 0.3 is 0 Å². The second kappa shape index (κ2) is 9.44.